The Balaban J connectivity index is 2.15. The molecule has 0 aromatic rings. The number of aliphatic hydroxyl groups is 5. The molecule has 1 saturated heterocycles. The van der Waals surface area contributed by atoms with Crippen LogP contribution in [0.5, 0.6) is 0 Å². The molecule has 0 spiro atoms. The number of hydrogen-bond acceptors (Lipinski definition) is 8. The number of nitrogens with one attached hydrogen (secondary N) is 1. The SMILES string of the molecule is CCCCCCCCCCCCCCCCCCC/C=C/CC/C=C/C(O)C(COC1OC(CO)C(O)C(O)C1O)NC(=O)CCCCCCCCCCCCCCCCCCCCCCCCCCCCCCCC. The first-order valence-corrected chi connectivity index (χ1v) is 33.6. The zero-order valence-corrected chi connectivity index (χ0v) is 50.3. The van der Waals surface area contributed by atoms with Gasteiger partial charge in [0.15, 0.2) is 6.29 Å². The molecular formula is C67H129NO8. The van der Waals surface area contributed by atoms with Crippen LogP contribution in [-0.2, 0) is 14.3 Å². The average molecular weight is 1080 g/mol. The van der Waals surface area contributed by atoms with Crippen molar-refractivity contribution < 1.29 is 39.8 Å². The summed E-state index contributed by atoms with van der Waals surface area (Å²) in [5.74, 6) is -0.178. The second-order valence-corrected chi connectivity index (χ2v) is 23.6. The minimum Gasteiger partial charge on any atom is -0.394 e. The summed E-state index contributed by atoms with van der Waals surface area (Å²) in [4.78, 5) is 13.1. The van der Waals surface area contributed by atoms with Crippen molar-refractivity contribution in [3.8, 4) is 0 Å². The van der Waals surface area contributed by atoms with Crippen molar-refractivity contribution in [2.75, 3.05) is 13.2 Å². The van der Waals surface area contributed by atoms with Crippen LogP contribution in [0.2, 0.25) is 0 Å². The minimum atomic E-state index is -1.57. The van der Waals surface area contributed by atoms with Crippen LogP contribution in [0.4, 0.5) is 0 Å². The molecule has 7 atom stereocenters. The largest absolute Gasteiger partial charge is 0.394 e. The molecule has 450 valence electrons. The summed E-state index contributed by atoms with van der Waals surface area (Å²) >= 11 is 0. The van der Waals surface area contributed by atoms with Crippen LogP contribution in [-0.4, -0.2) is 87.5 Å². The maximum absolute atomic E-state index is 13.1. The van der Waals surface area contributed by atoms with E-state index in [9.17, 15) is 30.3 Å². The molecule has 1 fully saturated rings. The summed E-state index contributed by atoms with van der Waals surface area (Å²) in [5, 5.41) is 54.7. The zero-order chi connectivity index (χ0) is 55.0. The molecule has 1 heterocycles. The molecule has 0 aromatic heterocycles. The summed E-state index contributed by atoms with van der Waals surface area (Å²) in [6, 6.07) is -0.820. The van der Waals surface area contributed by atoms with Gasteiger partial charge in [-0.2, -0.15) is 0 Å². The lowest BCUT2D eigenvalue weighted by atomic mass is 9.99. The Labute approximate surface area is 470 Å². The molecular weight excluding hydrogens is 947 g/mol. The van der Waals surface area contributed by atoms with Gasteiger partial charge in [0.05, 0.1) is 25.4 Å². The molecule has 6 N–H and O–H groups in total. The third-order valence-corrected chi connectivity index (χ3v) is 16.3. The van der Waals surface area contributed by atoms with Crippen molar-refractivity contribution in [2.24, 2.45) is 0 Å². The molecule has 76 heavy (non-hydrogen) atoms. The molecule has 1 amide bonds. The molecule has 0 aliphatic carbocycles. The summed E-state index contributed by atoms with van der Waals surface area (Å²) in [7, 11) is 0. The number of carbonyl (C=O) groups excluding carboxylic acids is 1. The topological polar surface area (TPSA) is 149 Å². The number of allylic oxidation sites excluding steroid dienone is 3. The van der Waals surface area contributed by atoms with Crippen LogP contribution < -0.4 is 5.32 Å². The van der Waals surface area contributed by atoms with Gasteiger partial charge in [0.1, 0.15) is 24.4 Å². The first-order chi connectivity index (χ1) is 37.3. The predicted octanol–water partition coefficient (Wildman–Crippen LogP) is 17.7. The maximum Gasteiger partial charge on any atom is 0.220 e. The first-order valence-electron chi connectivity index (χ1n) is 33.6. The van der Waals surface area contributed by atoms with Crippen LogP contribution in [0.15, 0.2) is 24.3 Å². The molecule has 0 aromatic carbocycles. The van der Waals surface area contributed by atoms with Gasteiger partial charge >= 0.3 is 0 Å². The molecule has 0 bridgehead atoms. The molecule has 0 radical (unpaired) electrons. The van der Waals surface area contributed by atoms with Gasteiger partial charge in [-0.05, 0) is 32.1 Å². The van der Waals surface area contributed by atoms with Crippen LogP contribution in [0.25, 0.3) is 0 Å². The van der Waals surface area contributed by atoms with Crippen LogP contribution in [0.3, 0.4) is 0 Å². The van der Waals surface area contributed by atoms with Gasteiger partial charge in [0.2, 0.25) is 5.91 Å². The molecule has 0 saturated carbocycles. The van der Waals surface area contributed by atoms with Gasteiger partial charge in [-0.1, -0.05) is 327 Å². The summed E-state index contributed by atoms with van der Waals surface area (Å²) in [6.45, 7) is 3.82. The molecule has 9 nitrogen and oxygen atoms in total. The number of aliphatic hydroxyl groups excluding tert-OH is 5. The fourth-order valence-corrected chi connectivity index (χ4v) is 11.0. The van der Waals surface area contributed by atoms with E-state index in [1.54, 1.807) is 6.08 Å². The molecule has 1 aliphatic rings. The van der Waals surface area contributed by atoms with Crippen LogP contribution >= 0.6 is 0 Å². The Bertz CT molecular complexity index is 1250. The third-order valence-electron chi connectivity index (χ3n) is 16.3. The number of hydrogen-bond donors (Lipinski definition) is 6. The predicted molar refractivity (Wildman–Crippen MR) is 323 cm³/mol. The Morgan fingerprint density at radius 3 is 1.11 bits per heavy atom. The number of carbonyl (C=O) groups is 1. The van der Waals surface area contributed by atoms with E-state index in [0.717, 1.165) is 38.5 Å². The third kappa shape index (κ3) is 45.4. The van der Waals surface area contributed by atoms with Crippen LogP contribution in [0, 0.1) is 0 Å². The van der Waals surface area contributed by atoms with Crippen molar-refractivity contribution in [1.82, 2.24) is 5.32 Å². The Morgan fingerprint density at radius 1 is 0.434 bits per heavy atom. The average Bonchev–Trinajstić information content (AvgIpc) is 3.42. The van der Waals surface area contributed by atoms with Gasteiger partial charge in [-0.15, -0.1) is 0 Å². The number of rotatable bonds is 59. The van der Waals surface area contributed by atoms with E-state index >= 15 is 0 Å². The molecule has 1 aliphatic heterocycles. The first kappa shape index (κ1) is 72.7. The van der Waals surface area contributed by atoms with E-state index in [1.165, 1.54) is 283 Å². The molecule has 9 heteroatoms. The van der Waals surface area contributed by atoms with Gasteiger partial charge in [0.25, 0.3) is 0 Å². The minimum absolute atomic E-state index is 0.178. The van der Waals surface area contributed by atoms with E-state index in [0.29, 0.717) is 6.42 Å². The molecule has 7 unspecified atom stereocenters. The number of amides is 1. The highest BCUT2D eigenvalue weighted by atomic mass is 16.7. The standard InChI is InChI=1S/C67H129NO8/c1-3-5-7-9-11-13-15-17-19-21-23-25-27-28-29-30-31-32-33-35-37-39-41-43-45-47-49-51-53-55-57-63(71)68-60(59-75-67-66(74)65(73)64(72)62(58-69)76-67)61(70)56-54-52-50-48-46-44-42-40-38-36-34-26-24-22-20-18-16-14-12-10-8-6-4-2/h46,48,54,56,60-62,64-67,69-70,72-74H,3-45,47,49-53,55,57-59H2,1-2H3,(H,68,71)/b48-46+,56-54+. The lowest BCUT2D eigenvalue weighted by Crippen LogP contribution is -2.60. The van der Waals surface area contributed by atoms with E-state index in [-0.39, 0.29) is 12.5 Å². The fourth-order valence-electron chi connectivity index (χ4n) is 11.0. The lowest BCUT2D eigenvalue weighted by molar-refractivity contribution is -0.302. The van der Waals surface area contributed by atoms with Crippen LogP contribution in [0.1, 0.15) is 341 Å². The van der Waals surface area contributed by atoms with Gasteiger partial charge < -0.3 is 40.3 Å². The summed E-state index contributed by atoms with van der Waals surface area (Å²) in [5.41, 5.74) is 0. The van der Waals surface area contributed by atoms with E-state index in [4.69, 9.17) is 9.47 Å². The Hall–Kier alpha value is -1.33. The highest BCUT2D eigenvalue weighted by Gasteiger charge is 2.44. The highest BCUT2D eigenvalue weighted by molar-refractivity contribution is 5.76. The van der Waals surface area contributed by atoms with Gasteiger partial charge in [-0.3, -0.25) is 4.79 Å². The number of unbranched alkanes of at least 4 members (excludes halogenated alkanes) is 47. The van der Waals surface area contributed by atoms with Crippen molar-refractivity contribution >= 4 is 5.91 Å². The highest BCUT2D eigenvalue weighted by Crippen LogP contribution is 2.23. The molecule has 1 rings (SSSR count). The van der Waals surface area contributed by atoms with Gasteiger partial charge in [-0.25, -0.2) is 0 Å². The van der Waals surface area contributed by atoms with Gasteiger partial charge in [0, 0.05) is 6.42 Å². The summed E-state index contributed by atoms with van der Waals surface area (Å²) in [6.07, 6.45) is 67.1. The van der Waals surface area contributed by atoms with Crippen molar-refractivity contribution in [1.29, 1.82) is 0 Å². The van der Waals surface area contributed by atoms with Crippen molar-refractivity contribution in [2.45, 2.75) is 384 Å². The summed E-state index contributed by atoms with van der Waals surface area (Å²) < 4.78 is 11.3. The van der Waals surface area contributed by atoms with Crippen molar-refractivity contribution in [3.05, 3.63) is 24.3 Å². The smallest absolute Gasteiger partial charge is 0.220 e. The zero-order valence-electron chi connectivity index (χ0n) is 50.3. The normalized spacial score (nSPS) is 18.9. The van der Waals surface area contributed by atoms with E-state index in [1.807, 2.05) is 6.08 Å². The monoisotopic (exact) mass is 1080 g/mol. The Kier molecular flexibility index (Phi) is 54.4. The Morgan fingerprint density at radius 2 is 0.750 bits per heavy atom. The maximum atomic E-state index is 13.1. The van der Waals surface area contributed by atoms with E-state index in [2.05, 4.69) is 31.3 Å². The second-order valence-electron chi connectivity index (χ2n) is 23.6. The van der Waals surface area contributed by atoms with Crippen molar-refractivity contribution in [3.63, 3.8) is 0 Å². The fraction of sp³-hybridized carbons (Fsp3) is 0.925. The number of ether oxygens (including phenoxy) is 2. The van der Waals surface area contributed by atoms with E-state index < -0.39 is 49.5 Å². The second kappa shape index (κ2) is 56.9. The quantitative estimate of drug-likeness (QED) is 0.0261. The lowest BCUT2D eigenvalue weighted by Gasteiger charge is -2.40.